The molecule has 0 unspecified atom stereocenters. The molecular formula is C13H9BrO2S. The van der Waals surface area contributed by atoms with Crippen LogP contribution in [0.4, 0.5) is 0 Å². The van der Waals surface area contributed by atoms with Gasteiger partial charge in [0.15, 0.2) is 0 Å². The minimum atomic E-state index is 0.811. The summed E-state index contributed by atoms with van der Waals surface area (Å²) in [7, 11) is 1.65. The third-order valence-corrected chi connectivity index (χ3v) is 4.18. The Hall–Kier alpha value is -1.26. The number of benzene rings is 1. The first-order valence-electron chi connectivity index (χ1n) is 5.09. The van der Waals surface area contributed by atoms with E-state index in [0.717, 1.165) is 31.1 Å². The normalized spacial score (nSPS) is 10.9. The maximum Gasteiger partial charge on any atom is 0.145 e. The van der Waals surface area contributed by atoms with Crippen molar-refractivity contribution in [3.8, 4) is 16.4 Å². The zero-order chi connectivity index (χ0) is 11.8. The molecule has 0 spiro atoms. The molecule has 0 saturated heterocycles. The summed E-state index contributed by atoms with van der Waals surface area (Å²) < 4.78 is 12.1. The zero-order valence-corrected chi connectivity index (χ0v) is 11.5. The molecule has 0 aliphatic carbocycles. The fourth-order valence-corrected chi connectivity index (χ4v) is 3.05. The molecule has 86 valence electrons. The largest absolute Gasteiger partial charge is 0.497 e. The maximum absolute atomic E-state index is 5.82. The molecule has 4 heteroatoms. The SMILES string of the molecule is COc1ccc2cc(-c3ccc(Br)s3)oc2c1. The molecule has 0 amide bonds. The molecule has 0 saturated carbocycles. The molecule has 3 rings (SSSR count). The molecular weight excluding hydrogens is 300 g/mol. The van der Waals surface area contributed by atoms with E-state index in [1.54, 1.807) is 18.4 Å². The summed E-state index contributed by atoms with van der Waals surface area (Å²) in [5, 5.41) is 1.09. The van der Waals surface area contributed by atoms with Crippen LogP contribution in [0.15, 0.2) is 44.6 Å². The summed E-state index contributed by atoms with van der Waals surface area (Å²) in [6.45, 7) is 0. The van der Waals surface area contributed by atoms with Gasteiger partial charge in [-0.25, -0.2) is 0 Å². The van der Waals surface area contributed by atoms with Gasteiger partial charge < -0.3 is 9.15 Å². The number of furan rings is 1. The van der Waals surface area contributed by atoms with E-state index in [0.29, 0.717) is 0 Å². The van der Waals surface area contributed by atoms with Crippen molar-refractivity contribution in [2.24, 2.45) is 0 Å². The third kappa shape index (κ3) is 1.98. The maximum atomic E-state index is 5.82. The van der Waals surface area contributed by atoms with Crippen LogP contribution in [0.3, 0.4) is 0 Å². The fraction of sp³-hybridized carbons (Fsp3) is 0.0769. The van der Waals surface area contributed by atoms with E-state index in [2.05, 4.69) is 15.9 Å². The molecule has 0 N–H and O–H groups in total. The smallest absolute Gasteiger partial charge is 0.145 e. The van der Waals surface area contributed by atoms with Crippen molar-refractivity contribution < 1.29 is 9.15 Å². The average Bonchev–Trinajstić information content (AvgIpc) is 2.93. The first-order chi connectivity index (χ1) is 8.26. The van der Waals surface area contributed by atoms with E-state index < -0.39 is 0 Å². The van der Waals surface area contributed by atoms with E-state index in [-0.39, 0.29) is 0 Å². The highest BCUT2D eigenvalue weighted by Crippen LogP contribution is 2.35. The number of methoxy groups -OCH3 is 1. The number of thiophene rings is 1. The second-order valence-corrected chi connectivity index (χ2v) is 6.08. The molecule has 2 heterocycles. The van der Waals surface area contributed by atoms with Crippen molar-refractivity contribution in [1.82, 2.24) is 0 Å². The van der Waals surface area contributed by atoms with E-state index in [4.69, 9.17) is 9.15 Å². The van der Waals surface area contributed by atoms with E-state index in [1.807, 2.05) is 36.4 Å². The fourth-order valence-electron chi connectivity index (χ4n) is 1.71. The van der Waals surface area contributed by atoms with Gasteiger partial charge in [0.1, 0.15) is 17.1 Å². The Kier molecular flexibility index (Phi) is 2.68. The Bertz CT molecular complexity index is 669. The Morgan fingerprint density at radius 3 is 2.76 bits per heavy atom. The number of rotatable bonds is 2. The molecule has 2 aromatic heterocycles. The van der Waals surface area contributed by atoms with Crippen molar-refractivity contribution in [3.63, 3.8) is 0 Å². The van der Waals surface area contributed by atoms with Crippen LogP contribution in [0.5, 0.6) is 5.75 Å². The Labute approximate surface area is 111 Å². The van der Waals surface area contributed by atoms with Gasteiger partial charge in [-0.1, -0.05) is 0 Å². The quantitative estimate of drug-likeness (QED) is 0.669. The summed E-state index contributed by atoms with van der Waals surface area (Å²) in [5.41, 5.74) is 0.851. The van der Waals surface area contributed by atoms with Crippen molar-refractivity contribution in [2.45, 2.75) is 0 Å². The lowest BCUT2D eigenvalue weighted by Crippen LogP contribution is -1.79. The second kappa shape index (κ2) is 4.20. The van der Waals surface area contributed by atoms with Gasteiger partial charge >= 0.3 is 0 Å². The van der Waals surface area contributed by atoms with E-state index in [1.165, 1.54) is 0 Å². The van der Waals surface area contributed by atoms with Gasteiger partial charge in [0.05, 0.1) is 15.8 Å². The van der Waals surface area contributed by atoms with E-state index >= 15 is 0 Å². The van der Waals surface area contributed by atoms with Crippen molar-refractivity contribution >= 4 is 38.2 Å². The van der Waals surface area contributed by atoms with Gasteiger partial charge in [-0.2, -0.15) is 0 Å². The first kappa shape index (κ1) is 10.9. The van der Waals surface area contributed by atoms with Crippen molar-refractivity contribution in [2.75, 3.05) is 7.11 Å². The third-order valence-electron chi connectivity index (χ3n) is 2.54. The predicted octanol–water partition coefficient (Wildman–Crippen LogP) is 4.93. The number of hydrogen-bond donors (Lipinski definition) is 0. The lowest BCUT2D eigenvalue weighted by Gasteiger charge is -1.96. The van der Waals surface area contributed by atoms with Gasteiger partial charge in [-0.15, -0.1) is 11.3 Å². The number of fused-ring (bicyclic) bond motifs is 1. The molecule has 0 radical (unpaired) electrons. The topological polar surface area (TPSA) is 22.4 Å². The minimum Gasteiger partial charge on any atom is -0.497 e. The summed E-state index contributed by atoms with van der Waals surface area (Å²) in [6.07, 6.45) is 0. The van der Waals surface area contributed by atoms with Crippen molar-refractivity contribution in [1.29, 1.82) is 0 Å². The highest BCUT2D eigenvalue weighted by molar-refractivity contribution is 9.11. The van der Waals surface area contributed by atoms with Gasteiger partial charge in [0.2, 0.25) is 0 Å². The molecule has 0 aliphatic rings. The van der Waals surface area contributed by atoms with Crippen LogP contribution in [-0.4, -0.2) is 7.11 Å². The summed E-state index contributed by atoms with van der Waals surface area (Å²) >= 11 is 5.11. The lowest BCUT2D eigenvalue weighted by molar-refractivity contribution is 0.414. The second-order valence-electron chi connectivity index (χ2n) is 3.62. The molecule has 0 atom stereocenters. The van der Waals surface area contributed by atoms with Crippen LogP contribution in [0.25, 0.3) is 21.6 Å². The molecule has 17 heavy (non-hydrogen) atoms. The minimum absolute atomic E-state index is 0.811. The van der Waals surface area contributed by atoms with Crippen LogP contribution < -0.4 is 4.74 Å². The molecule has 2 nitrogen and oxygen atoms in total. The van der Waals surface area contributed by atoms with Gasteiger partial charge in [0.25, 0.3) is 0 Å². The monoisotopic (exact) mass is 308 g/mol. The van der Waals surface area contributed by atoms with Crippen molar-refractivity contribution in [3.05, 3.63) is 40.2 Å². The first-order valence-corrected chi connectivity index (χ1v) is 6.70. The van der Waals surface area contributed by atoms with Crippen LogP contribution in [0, 0.1) is 0 Å². The summed E-state index contributed by atoms with van der Waals surface area (Å²) in [5.74, 6) is 1.70. The van der Waals surface area contributed by atoms with E-state index in [9.17, 15) is 0 Å². The standard InChI is InChI=1S/C13H9BrO2S/c1-15-9-3-2-8-6-11(16-10(8)7-9)12-4-5-13(14)17-12/h2-7H,1H3. The Morgan fingerprint density at radius 1 is 1.18 bits per heavy atom. The molecule has 0 bridgehead atoms. The van der Waals surface area contributed by atoms with Crippen LogP contribution in [0.1, 0.15) is 0 Å². The number of hydrogen-bond acceptors (Lipinski definition) is 3. The van der Waals surface area contributed by atoms with Gasteiger partial charge in [0, 0.05) is 11.5 Å². The lowest BCUT2D eigenvalue weighted by atomic mass is 10.2. The number of halogens is 1. The molecule has 0 aliphatic heterocycles. The zero-order valence-electron chi connectivity index (χ0n) is 9.07. The average molecular weight is 309 g/mol. The Balaban J connectivity index is 2.13. The van der Waals surface area contributed by atoms with Crippen LogP contribution in [0.2, 0.25) is 0 Å². The Morgan fingerprint density at radius 2 is 2.06 bits per heavy atom. The molecule has 1 aromatic carbocycles. The molecule has 0 fully saturated rings. The predicted molar refractivity (Wildman–Crippen MR) is 73.8 cm³/mol. The summed E-state index contributed by atoms with van der Waals surface area (Å²) in [6, 6.07) is 12.0. The van der Waals surface area contributed by atoms with Crippen LogP contribution in [-0.2, 0) is 0 Å². The highest BCUT2D eigenvalue weighted by Gasteiger charge is 2.08. The van der Waals surface area contributed by atoms with Crippen LogP contribution >= 0.6 is 27.3 Å². The highest BCUT2D eigenvalue weighted by atomic mass is 79.9. The molecule has 3 aromatic rings. The van der Waals surface area contributed by atoms with Gasteiger partial charge in [-0.05, 0) is 46.3 Å². The summed E-state index contributed by atoms with van der Waals surface area (Å²) in [4.78, 5) is 1.12. The van der Waals surface area contributed by atoms with Gasteiger partial charge in [-0.3, -0.25) is 0 Å². The number of ether oxygens (including phenoxy) is 1.